The minimum atomic E-state index is 0.955. The van der Waals surface area contributed by atoms with Gasteiger partial charge < -0.3 is 9.88 Å². The van der Waals surface area contributed by atoms with Crippen LogP contribution in [-0.2, 0) is 6.54 Å². The Balaban J connectivity index is 2.48. The molecule has 13 heavy (non-hydrogen) atoms. The molecule has 0 aliphatic heterocycles. The maximum absolute atomic E-state index is 4.24. The van der Waals surface area contributed by atoms with Crippen molar-refractivity contribution in [3.8, 4) is 0 Å². The summed E-state index contributed by atoms with van der Waals surface area (Å²) >= 11 is 0. The number of pyridine rings is 1. The average molecular weight is 175 g/mol. The molecule has 0 unspecified atom stereocenters. The minimum absolute atomic E-state index is 0.955. The third-order valence-electron chi connectivity index (χ3n) is 2.04. The molecular formula is C10H13N3. The van der Waals surface area contributed by atoms with E-state index in [2.05, 4.69) is 41.1 Å². The second-order valence-corrected chi connectivity index (χ2v) is 3.45. The highest BCUT2D eigenvalue weighted by Crippen LogP contribution is 2.15. The predicted molar refractivity (Wildman–Crippen MR) is 53.5 cm³/mol. The Morgan fingerprint density at radius 3 is 3.00 bits per heavy atom. The van der Waals surface area contributed by atoms with Crippen molar-refractivity contribution in [3.63, 3.8) is 0 Å². The molecule has 2 aromatic rings. The number of nitrogens with one attached hydrogen (secondary N) is 1. The molecule has 2 heterocycles. The van der Waals surface area contributed by atoms with Crippen molar-refractivity contribution in [2.45, 2.75) is 6.54 Å². The Hall–Kier alpha value is -1.35. The van der Waals surface area contributed by atoms with Gasteiger partial charge in [-0.15, -0.1) is 0 Å². The molecule has 0 aromatic carbocycles. The molecule has 1 N–H and O–H groups in total. The Morgan fingerprint density at radius 2 is 2.23 bits per heavy atom. The van der Waals surface area contributed by atoms with Crippen LogP contribution < -0.4 is 0 Å². The molecule has 68 valence electrons. The lowest BCUT2D eigenvalue weighted by Gasteiger charge is -2.09. The van der Waals surface area contributed by atoms with Crippen molar-refractivity contribution in [2.75, 3.05) is 14.1 Å². The highest BCUT2D eigenvalue weighted by molar-refractivity contribution is 5.78. The normalized spacial score (nSPS) is 11.3. The molecule has 3 nitrogen and oxygen atoms in total. The molecule has 0 aliphatic carbocycles. The van der Waals surface area contributed by atoms with Crippen molar-refractivity contribution >= 4 is 11.0 Å². The maximum atomic E-state index is 4.24. The zero-order valence-corrected chi connectivity index (χ0v) is 7.91. The fourth-order valence-corrected chi connectivity index (χ4v) is 1.50. The van der Waals surface area contributed by atoms with Crippen LogP contribution in [0, 0.1) is 0 Å². The third kappa shape index (κ3) is 1.55. The number of nitrogens with zero attached hydrogens (tertiary/aromatic N) is 2. The average Bonchev–Trinajstić information content (AvgIpc) is 2.51. The van der Waals surface area contributed by atoms with Crippen LogP contribution in [0.25, 0.3) is 11.0 Å². The number of H-pyrrole nitrogens is 1. The van der Waals surface area contributed by atoms with E-state index < -0.39 is 0 Å². The number of rotatable bonds is 2. The zero-order valence-electron chi connectivity index (χ0n) is 7.91. The SMILES string of the molecule is CN(C)Cc1ccnc2[nH]ccc12. The van der Waals surface area contributed by atoms with Gasteiger partial charge in [0.2, 0.25) is 0 Å². The molecule has 3 heteroatoms. The summed E-state index contributed by atoms with van der Waals surface area (Å²) in [4.78, 5) is 9.49. The Labute approximate surface area is 77.4 Å². The van der Waals surface area contributed by atoms with Gasteiger partial charge >= 0.3 is 0 Å². The van der Waals surface area contributed by atoms with Gasteiger partial charge in [-0.3, -0.25) is 0 Å². The van der Waals surface area contributed by atoms with E-state index in [0.717, 1.165) is 12.2 Å². The van der Waals surface area contributed by atoms with Gasteiger partial charge in [0.1, 0.15) is 5.65 Å². The van der Waals surface area contributed by atoms with Crippen LogP contribution in [0.15, 0.2) is 24.5 Å². The van der Waals surface area contributed by atoms with Crippen molar-refractivity contribution in [2.24, 2.45) is 0 Å². The van der Waals surface area contributed by atoms with Crippen molar-refractivity contribution in [1.29, 1.82) is 0 Å². The fourth-order valence-electron chi connectivity index (χ4n) is 1.50. The second-order valence-electron chi connectivity index (χ2n) is 3.45. The largest absolute Gasteiger partial charge is 0.346 e. The molecule has 0 saturated heterocycles. The highest BCUT2D eigenvalue weighted by atomic mass is 15.0. The monoisotopic (exact) mass is 175 g/mol. The number of hydrogen-bond acceptors (Lipinski definition) is 2. The predicted octanol–water partition coefficient (Wildman–Crippen LogP) is 1.62. The Kier molecular flexibility index (Phi) is 2.02. The smallest absolute Gasteiger partial charge is 0.137 e. The summed E-state index contributed by atoms with van der Waals surface area (Å²) in [7, 11) is 4.14. The molecule has 0 amide bonds. The van der Waals surface area contributed by atoms with Crippen LogP contribution >= 0.6 is 0 Å². The van der Waals surface area contributed by atoms with Gasteiger partial charge in [-0.25, -0.2) is 4.98 Å². The minimum Gasteiger partial charge on any atom is -0.346 e. The van der Waals surface area contributed by atoms with Crippen molar-refractivity contribution in [3.05, 3.63) is 30.1 Å². The van der Waals surface area contributed by atoms with E-state index in [1.165, 1.54) is 10.9 Å². The van der Waals surface area contributed by atoms with E-state index in [1.54, 1.807) is 0 Å². The lowest BCUT2D eigenvalue weighted by molar-refractivity contribution is 0.404. The number of hydrogen-bond donors (Lipinski definition) is 1. The topological polar surface area (TPSA) is 31.9 Å². The zero-order chi connectivity index (χ0) is 9.26. The summed E-state index contributed by atoms with van der Waals surface area (Å²) in [6.45, 7) is 0.955. The van der Waals surface area contributed by atoms with Gasteiger partial charge in [0.05, 0.1) is 0 Å². The van der Waals surface area contributed by atoms with Gasteiger partial charge in [0.15, 0.2) is 0 Å². The van der Waals surface area contributed by atoms with Crippen molar-refractivity contribution in [1.82, 2.24) is 14.9 Å². The van der Waals surface area contributed by atoms with Crippen LogP contribution in [0.5, 0.6) is 0 Å². The standard InChI is InChI=1S/C10H13N3/c1-13(2)7-8-3-5-11-10-9(8)4-6-12-10/h3-6H,7H2,1-2H3,(H,11,12). The summed E-state index contributed by atoms with van der Waals surface area (Å²) in [6, 6.07) is 4.14. The van der Waals surface area contributed by atoms with Gasteiger partial charge in [0, 0.05) is 24.3 Å². The lowest BCUT2D eigenvalue weighted by Crippen LogP contribution is -2.10. The maximum Gasteiger partial charge on any atom is 0.137 e. The summed E-state index contributed by atoms with van der Waals surface area (Å²) in [5.74, 6) is 0. The van der Waals surface area contributed by atoms with Crippen LogP contribution in [0.3, 0.4) is 0 Å². The first-order chi connectivity index (χ1) is 6.27. The second kappa shape index (κ2) is 3.18. The first-order valence-electron chi connectivity index (χ1n) is 4.33. The third-order valence-corrected chi connectivity index (χ3v) is 2.04. The Bertz CT molecular complexity index is 403. The molecule has 0 spiro atoms. The van der Waals surface area contributed by atoms with Crippen LogP contribution in [0.1, 0.15) is 5.56 Å². The van der Waals surface area contributed by atoms with Gasteiger partial charge in [-0.1, -0.05) is 0 Å². The van der Waals surface area contributed by atoms with Crippen LogP contribution in [-0.4, -0.2) is 29.0 Å². The molecule has 2 rings (SSSR count). The molecule has 0 fully saturated rings. The summed E-state index contributed by atoms with van der Waals surface area (Å²) in [5, 5.41) is 1.22. The number of fused-ring (bicyclic) bond motifs is 1. The van der Waals surface area contributed by atoms with Crippen molar-refractivity contribution < 1.29 is 0 Å². The number of aromatic amines is 1. The first-order valence-corrected chi connectivity index (χ1v) is 4.33. The van der Waals surface area contributed by atoms with Gasteiger partial charge in [0.25, 0.3) is 0 Å². The van der Waals surface area contributed by atoms with Crippen LogP contribution in [0.4, 0.5) is 0 Å². The fraction of sp³-hybridized carbons (Fsp3) is 0.300. The first kappa shape index (κ1) is 8.26. The molecule has 0 atom stereocenters. The van der Waals surface area contributed by atoms with E-state index in [-0.39, 0.29) is 0 Å². The quantitative estimate of drug-likeness (QED) is 0.752. The lowest BCUT2D eigenvalue weighted by atomic mass is 10.2. The van der Waals surface area contributed by atoms with E-state index >= 15 is 0 Å². The molecular weight excluding hydrogens is 162 g/mol. The van der Waals surface area contributed by atoms with Crippen LogP contribution in [0.2, 0.25) is 0 Å². The summed E-state index contributed by atoms with van der Waals surface area (Å²) in [5.41, 5.74) is 2.29. The molecule has 0 aliphatic rings. The molecule has 0 radical (unpaired) electrons. The van der Waals surface area contributed by atoms with E-state index in [1.807, 2.05) is 12.4 Å². The molecule has 2 aromatic heterocycles. The Morgan fingerprint density at radius 1 is 1.38 bits per heavy atom. The van der Waals surface area contributed by atoms with E-state index in [4.69, 9.17) is 0 Å². The van der Waals surface area contributed by atoms with Gasteiger partial charge in [-0.05, 0) is 31.8 Å². The number of aromatic nitrogens is 2. The highest BCUT2D eigenvalue weighted by Gasteiger charge is 2.02. The van der Waals surface area contributed by atoms with Gasteiger partial charge in [-0.2, -0.15) is 0 Å². The molecule has 0 saturated carbocycles. The van der Waals surface area contributed by atoms with E-state index in [0.29, 0.717) is 0 Å². The summed E-state index contributed by atoms with van der Waals surface area (Å²) < 4.78 is 0. The van der Waals surface area contributed by atoms with E-state index in [9.17, 15) is 0 Å². The summed E-state index contributed by atoms with van der Waals surface area (Å²) in [6.07, 6.45) is 3.77. The molecule has 0 bridgehead atoms.